The molecule has 20 heavy (non-hydrogen) atoms. The summed E-state index contributed by atoms with van der Waals surface area (Å²) in [5.74, 6) is 3.48. The van der Waals surface area contributed by atoms with Gasteiger partial charge < -0.3 is 0 Å². The summed E-state index contributed by atoms with van der Waals surface area (Å²) < 4.78 is 0. The number of ketones is 1. The lowest BCUT2D eigenvalue weighted by atomic mass is 10.0. The van der Waals surface area contributed by atoms with Crippen molar-refractivity contribution in [3.05, 3.63) is 60.2 Å². The van der Waals surface area contributed by atoms with E-state index in [1.165, 1.54) is 11.3 Å². The van der Waals surface area contributed by atoms with Gasteiger partial charge in [0.2, 0.25) is 0 Å². The standard InChI is InChI=1S/C17H16OS2/c18-17(16-12-19-10-11-20-16)15-8-6-14(7-9-15)13-4-2-1-3-5-13/h1-9,16H,10-12H2. The third-order valence-corrected chi connectivity index (χ3v) is 6.14. The average molecular weight is 300 g/mol. The fourth-order valence-electron chi connectivity index (χ4n) is 2.28. The van der Waals surface area contributed by atoms with Gasteiger partial charge in [-0.1, -0.05) is 54.6 Å². The maximum Gasteiger partial charge on any atom is 0.176 e. The van der Waals surface area contributed by atoms with Gasteiger partial charge in [-0.2, -0.15) is 11.8 Å². The Morgan fingerprint density at radius 3 is 2.25 bits per heavy atom. The lowest BCUT2D eigenvalue weighted by Gasteiger charge is -2.19. The molecule has 1 saturated heterocycles. The van der Waals surface area contributed by atoms with Crippen LogP contribution in [0, 0.1) is 0 Å². The number of carbonyl (C=O) groups excluding carboxylic acids is 1. The second kappa shape index (κ2) is 6.51. The molecule has 1 heterocycles. The molecule has 3 rings (SSSR count). The van der Waals surface area contributed by atoms with Crippen LogP contribution in [0.3, 0.4) is 0 Å². The third-order valence-electron chi connectivity index (χ3n) is 3.38. The van der Waals surface area contributed by atoms with E-state index in [0.717, 1.165) is 22.6 Å². The van der Waals surface area contributed by atoms with Gasteiger partial charge in [-0.3, -0.25) is 4.79 Å². The lowest BCUT2D eigenvalue weighted by Crippen LogP contribution is -2.24. The quantitative estimate of drug-likeness (QED) is 0.783. The zero-order valence-electron chi connectivity index (χ0n) is 11.1. The molecule has 0 radical (unpaired) electrons. The smallest absolute Gasteiger partial charge is 0.176 e. The molecular weight excluding hydrogens is 284 g/mol. The summed E-state index contributed by atoms with van der Waals surface area (Å²) in [6.07, 6.45) is 0. The highest BCUT2D eigenvalue weighted by molar-refractivity contribution is 8.07. The van der Waals surface area contributed by atoms with E-state index >= 15 is 0 Å². The van der Waals surface area contributed by atoms with Gasteiger partial charge in [-0.15, -0.1) is 11.8 Å². The molecule has 2 aromatic rings. The van der Waals surface area contributed by atoms with Crippen LogP contribution in [-0.4, -0.2) is 28.3 Å². The van der Waals surface area contributed by atoms with Crippen LogP contribution in [0.4, 0.5) is 0 Å². The number of benzene rings is 2. The van der Waals surface area contributed by atoms with E-state index in [2.05, 4.69) is 12.1 Å². The van der Waals surface area contributed by atoms with Crippen LogP contribution in [0.15, 0.2) is 54.6 Å². The molecule has 2 aromatic carbocycles. The minimum atomic E-state index is 0.135. The Labute approximate surface area is 128 Å². The summed E-state index contributed by atoms with van der Waals surface area (Å²) in [5.41, 5.74) is 3.19. The maximum absolute atomic E-state index is 12.4. The molecule has 0 amide bonds. The van der Waals surface area contributed by atoms with Crippen LogP contribution in [0.2, 0.25) is 0 Å². The fourth-order valence-corrected chi connectivity index (χ4v) is 4.92. The van der Waals surface area contributed by atoms with Crippen molar-refractivity contribution < 1.29 is 4.79 Å². The Morgan fingerprint density at radius 2 is 1.60 bits per heavy atom. The van der Waals surface area contributed by atoms with Crippen LogP contribution in [0.25, 0.3) is 11.1 Å². The zero-order valence-corrected chi connectivity index (χ0v) is 12.8. The van der Waals surface area contributed by atoms with Gasteiger partial charge in [0.05, 0.1) is 5.25 Å². The molecular formula is C17H16OS2. The summed E-state index contributed by atoms with van der Waals surface area (Å²) in [6, 6.07) is 18.3. The molecule has 0 aromatic heterocycles. The number of Topliss-reactive ketones (excluding diaryl/α,β-unsaturated/α-hetero) is 1. The van der Waals surface area contributed by atoms with Gasteiger partial charge in [0, 0.05) is 22.8 Å². The molecule has 3 heteroatoms. The Kier molecular flexibility index (Phi) is 4.48. The first-order chi connectivity index (χ1) is 9.84. The van der Waals surface area contributed by atoms with Crippen molar-refractivity contribution in [1.82, 2.24) is 0 Å². The van der Waals surface area contributed by atoms with Crippen molar-refractivity contribution in [2.45, 2.75) is 5.25 Å². The molecule has 1 unspecified atom stereocenters. The first kappa shape index (κ1) is 13.8. The normalized spacial score (nSPS) is 18.7. The minimum absolute atomic E-state index is 0.135. The Bertz CT molecular complexity index is 572. The van der Waals surface area contributed by atoms with Crippen LogP contribution in [0.5, 0.6) is 0 Å². The highest BCUT2D eigenvalue weighted by atomic mass is 32.2. The summed E-state index contributed by atoms with van der Waals surface area (Å²) >= 11 is 3.68. The van der Waals surface area contributed by atoms with Crippen molar-refractivity contribution in [1.29, 1.82) is 0 Å². The van der Waals surface area contributed by atoms with Crippen molar-refractivity contribution >= 4 is 29.3 Å². The van der Waals surface area contributed by atoms with Crippen molar-refractivity contribution in [3.8, 4) is 11.1 Å². The maximum atomic E-state index is 12.4. The topological polar surface area (TPSA) is 17.1 Å². The van der Waals surface area contributed by atoms with E-state index in [4.69, 9.17) is 0 Å². The highest BCUT2D eigenvalue weighted by Crippen LogP contribution is 2.27. The van der Waals surface area contributed by atoms with Crippen molar-refractivity contribution in [2.75, 3.05) is 17.3 Å². The summed E-state index contributed by atoms with van der Waals surface area (Å²) in [7, 11) is 0. The number of carbonyl (C=O) groups is 1. The molecule has 0 aliphatic carbocycles. The van der Waals surface area contributed by atoms with E-state index in [9.17, 15) is 4.79 Å². The highest BCUT2D eigenvalue weighted by Gasteiger charge is 2.23. The van der Waals surface area contributed by atoms with Gasteiger partial charge in [-0.25, -0.2) is 0 Å². The first-order valence-electron chi connectivity index (χ1n) is 6.73. The number of hydrogen-bond donors (Lipinski definition) is 0. The van der Waals surface area contributed by atoms with Crippen molar-refractivity contribution in [3.63, 3.8) is 0 Å². The van der Waals surface area contributed by atoms with Gasteiger partial charge in [0.1, 0.15) is 0 Å². The molecule has 0 bridgehead atoms. The van der Waals surface area contributed by atoms with Crippen LogP contribution < -0.4 is 0 Å². The molecule has 1 fully saturated rings. The second-order valence-corrected chi connectivity index (χ2v) is 7.20. The Hall–Kier alpha value is -1.19. The van der Waals surface area contributed by atoms with E-state index in [1.807, 2.05) is 54.2 Å². The molecule has 102 valence electrons. The molecule has 1 aliphatic rings. The predicted octanol–water partition coefficient (Wildman–Crippen LogP) is 4.38. The number of thioether (sulfide) groups is 2. The molecule has 1 atom stereocenters. The second-order valence-electron chi connectivity index (χ2n) is 4.74. The number of rotatable bonds is 3. The third kappa shape index (κ3) is 3.10. The number of hydrogen-bond acceptors (Lipinski definition) is 3. The first-order valence-corrected chi connectivity index (χ1v) is 8.94. The van der Waals surface area contributed by atoms with Crippen LogP contribution >= 0.6 is 23.5 Å². The largest absolute Gasteiger partial charge is 0.293 e. The van der Waals surface area contributed by atoms with Gasteiger partial charge in [-0.05, 0) is 11.1 Å². The fraction of sp³-hybridized carbons (Fsp3) is 0.235. The molecule has 0 N–H and O–H groups in total. The minimum Gasteiger partial charge on any atom is -0.293 e. The molecule has 1 nitrogen and oxygen atoms in total. The van der Waals surface area contributed by atoms with E-state index < -0.39 is 0 Å². The Balaban J connectivity index is 1.77. The average Bonchev–Trinajstić information content (AvgIpc) is 2.56. The predicted molar refractivity (Wildman–Crippen MR) is 89.8 cm³/mol. The van der Waals surface area contributed by atoms with Crippen molar-refractivity contribution in [2.24, 2.45) is 0 Å². The summed E-state index contributed by atoms with van der Waals surface area (Å²) in [5, 5.41) is 0.135. The molecule has 1 aliphatic heterocycles. The van der Waals surface area contributed by atoms with E-state index in [0.29, 0.717) is 0 Å². The van der Waals surface area contributed by atoms with Crippen LogP contribution in [-0.2, 0) is 0 Å². The van der Waals surface area contributed by atoms with Gasteiger partial charge in [0.25, 0.3) is 0 Å². The SMILES string of the molecule is O=C(c1ccc(-c2ccccc2)cc1)C1CSCCS1. The van der Waals surface area contributed by atoms with Gasteiger partial charge >= 0.3 is 0 Å². The molecule has 0 saturated carbocycles. The lowest BCUT2D eigenvalue weighted by molar-refractivity contribution is 0.0995. The van der Waals surface area contributed by atoms with Gasteiger partial charge in [0.15, 0.2) is 5.78 Å². The summed E-state index contributed by atoms with van der Waals surface area (Å²) in [6.45, 7) is 0. The zero-order chi connectivity index (χ0) is 13.8. The monoisotopic (exact) mass is 300 g/mol. The Morgan fingerprint density at radius 1 is 0.900 bits per heavy atom. The summed E-state index contributed by atoms with van der Waals surface area (Å²) in [4.78, 5) is 12.4. The van der Waals surface area contributed by atoms with Crippen LogP contribution in [0.1, 0.15) is 10.4 Å². The van der Waals surface area contributed by atoms with E-state index in [-0.39, 0.29) is 11.0 Å². The molecule has 0 spiro atoms. The van der Waals surface area contributed by atoms with E-state index in [1.54, 1.807) is 11.8 Å².